The van der Waals surface area contributed by atoms with Gasteiger partial charge in [0.2, 0.25) is 0 Å². The molecule has 0 aliphatic heterocycles. The molecule has 0 bridgehead atoms. The van der Waals surface area contributed by atoms with Gasteiger partial charge in [0.15, 0.2) is 0 Å². The van der Waals surface area contributed by atoms with Gasteiger partial charge in [-0.1, -0.05) is 63.8 Å². The average molecular weight is 393 g/mol. The maximum Gasteiger partial charge on any atom is 0.0995 e. The third-order valence-electron chi connectivity index (χ3n) is 3.06. The van der Waals surface area contributed by atoms with Gasteiger partial charge in [-0.25, -0.2) is 0 Å². The summed E-state index contributed by atoms with van der Waals surface area (Å²) in [5.41, 5.74) is 3.46. The molecule has 1 unspecified atom stereocenters. The number of nitrogens with one attached hydrogen (secondary N) is 1. The first kappa shape index (κ1) is 16.3. The summed E-state index contributed by atoms with van der Waals surface area (Å²) in [5.74, 6) is 0. The Labute approximate surface area is 142 Å². The highest BCUT2D eigenvalue weighted by Gasteiger charge is 2.21. The Morgan fingerprint density at radius 3 is 2.60 bits per heavy atom. The predicted octanol–water partition coefficient (Wildman–Crippen LogP) is 6.21. The number of thiophene rings is 1. The van der Waals surface area contributed by atoms with E-state index in [0.717, 1.165) is 31.7 Å². The Kier molecular flexibility index (Phi) is 5.94. The van der Waals surface area contributed by atoms with E-state index in [-0.39, 0.29) is 6.04 Å². The zero-order valence-corrected chi connectivity index (χ0v) is 15.3. The average Bonchev–Trinajstić information content (AvgIpc) is 2.73. The summed E-state index contributed by atoms with van der Waals surface area (Å²) in [5, 5.41) is 3.56. The van der Waals surface area contributed by atoms with E-state index in [0.29, 0.717) is 0 Å². The standard InChI is InChI=1S/C15H16BrCl2NS/c1-3-6-19-14(11-8-13(17)20-15(11)18)10-7-9(2)4-5-12(10)16/h4-5,7-8,14,19H,3,6H2,1-2H3. The van der Waals surface area contributed by atoms with Crippen molar-refractivity contribution in [2.45, 2.75) is 26.3 Å². The summed E-state index contributed by atoms with van der Waals surface area (Å²) in [7, 11) is 0. The summed E-state index contributed by atoms with van der Waals surface area (Å²) >= 11 is 17.5. The Morgan fingerprint density at radius 2 is 2.00 bits per heavy atom. The number of hydrogen-bond acceptors (Lipinski definition) is 2. The van der Waals surface area contributed by atoms with E-state index in [1.54, 1.807) is 0 Å². The van der Waals surface area contributed by atoms with Gasteiger partial charge in [0.25, 0.3) is 0 Å². The van der Waals surface area contributed by atoms with E-state index in [1.165, 1.54) is 22.5 Å². The summed E-state index contributed by atoms with van der Waals surface area (Å²) in [6, 6.07) is 8.36. The van der Waals surface area contributed by atoms with Crippen LogP contribution in [0.1, 0.15) is 36.1 Å². The molecule has 0 fully saturated rings. The Hall–Kier alpha value is -0.0600. The Bertz CT molecular complexity index is 598. The van der Waals surface area contributed by atoms with Crippen molar-refractivity contribution in [2.24, 2.45) is 0 Å². The van der Waals surface area contributed by atoms with E-state index in [1.807, 2.05) is 6.07 Å². The van der Waals surface area contributed by atoms with Crippen LogP contribution < -0.4 is 5.32 Å². The van der Waals surface area contributed by atoms with Crippen molar-refractivity contribution >= 4 is 50.5 Å². The maximum atomic E-state index is 6.34. The fraction of sp³-hybridized carbons (Fsp3) is 0.333. The molecule has 0 aliphatic rings. The fourth-order valence-electron chi connectivity index (χ4n) is 2.11. The lowest BCUT2D eigenvalue weighted by molar-refractivity contribution is 0.598. The van der Waals surface area contributed by atoms with Crippen molar-refractivity contribution in [3.05, 3.63) is 54.1 Å². The number of halogens is 3. The van der Waals surface area contributed by atoms with Crippen LogP contribution in [-0.2, 0) is 0 Å². The molecule has 5 heteroatoms. The molecule has 1 nitrogen and oxygen atoms in total. The van der Waals surface area contributed by atoms with Crippen molar-refractivity contribution < 1.29 is 0 Å². The molecule has 0 spiro atoms. The highest BCUT2D eigenvalue weighted by atomic mass is 79.9. The lowest BCUT2D eigenvalue weighted by atomic mass is 9.99. The SMILES string of the molecule is CCCNC(c1cc(C)ccc1Br)c1cc(Cl)sc1Cl. The zero-order chi connectivity index (χ0) is 14.7. The molecule has 108 valence electrons. The Morgan fingerprint density at radius 1 is 1.25 bits per heavy atom. The van der Waals surface area contributed by atoms with Crippen molar-refractivity contribution in [3.63, 3.8) is 0 Å². The Balaban J connectivity index is 2.46. The lowest BCUT2D eigenvalue weighted by Gasteiger charge is -2.20. The van der Waals surface area contributed by atoms with Crippen LogP contribution >= 0.6 is 50.5 Å². The van der Waals surface area contributed by atoms with E-state index < -0.39 is 0 Å². The summed E-state index contributed by atoms with van der Waals surface area (Å²) < 4.78 is 2.55. The first-order valence-corrected chi connectivity index (χ1v) is 8.83. The zero-order valence-electron chi connectivity index (χ0n) is 11.3. The first-order valence-electron chi connectivity index (χ1n) is 6.47. The molecule has 20 heavy (non-hydrogen) atoms. The minimum atomic E-state index is 0.0560. The predicted molar refractivity (Wildman–Crippen MR) is 93.4 cm³/mol. The summed E-state index contributed by atoms with van der Waals surface area (Å²) in [4.78, 5) is 0. The summed E-state index contributed by atoms with van der Waals surface area (Å²) in [6.45, 7) is 5.17. The number of benzene rings is 1. The molecule has 1 heterocycles. The quantitative estimate of drug-likeness (QED) is 0.637. The molecule has 1 N–H and O–H groups in total. The van der Waals surface area contributed by atoms with Gasteiger partial charge in [0.05, 0.1) is 14.7 Å². The van der Waals surface area contributed by atoms with Gasteiger partial charge in [-0.3, -0.25) is 0 Å². The van der Waals surface area contributed by atoms with Crippen molar-refractivity contribution in [1.82, 2.24) is 5.32 Å². The van der Waals surface area contributed by atoms with Crippen LogP contribution in [0.15, 0.2) is 28.7 Å². The second kappa shape index (κ2) is 7.28. The van der Waals surface area contributed by atoms with E-state index in [4.69, 9.17) is 23.2 Å². The third kappa shape index (κ3) is 3.77. The maximum absolute atomic E-state index is 6.34. The molecular formula is C15H16BrCl2NS. The molecule has 2 aromatic rings. The van der Waals surface area contributed by atoms with Crippen LogP contribution in [0.5, 0.6) is 0 Å². The van der Waals surface area contributed by atoms with Crippen LogP contribution in [0.3, 0.4) is 0 Å². The lowest BCUT2D eigenvalue weighted by Crippen LogP contribution is -2.23. The molecule has 0 amide bonds. The normalized spacial score (nSPS) is 12.7. The van der Waals surface area contributed by atoms with E-state index in [2.05, 4.69) is 53.3 Å². The molecule has 2 rings (SSSR count). The topological polar surface area (TPSA) is 12.0 Å². The van der Waals surface area contributed by atoms with Gasteiger partial charge < -0.3 is 5.32 Å². The van der Waals surface area contributed by atoms with Crippen LogP contribution in [-0.4, -0.2) is 6.54 Å². The molecule has 1 atom stereocenters. The van der Waals surface area contributed by atoms with Gasteiger partial charge in [-0.15, -0.1) is 11.3 Å². The molecule has 0 saturated carbocycles. The van der Waals surface area contributed by atoms with Crippen molar-refractivity contribution in [2.75, 3.05) is 6.54 Å². The van der Waals surface area contributed by atoms with Crippen LogP contribution in [0.2, 0.25) is 8.67 Å². The molecule has 1 aromatic carbocycles. The van der Waals surface area contributed by atoms with Gasteiger partial charge in [0.1, 0.15) is 0 Å². The molecular weight excluding hydrogens is 377 g/mol. The van der Waals surface area contributed by atoms with Gasteiger partial charge >= 0.3 is 0 Å². The number of hydrogen-bond donors (Lipinski definition) is 1. The molecule has 0 aliphatic carbocycles. The number of aryl methyl sites for hydroxylation is 1. The monoisotopic (exact) mass is 391 g/mol. The minimum Gasteiger partial charge on any atom is -0.306 e. The van der Waals surface area contributed by atoms with Crippen LogP contribution in [0, 0.1) is 6.92 Å². The molecule has 0 saturated heterocycles. The van der Waals surface area contributed by atoms with Crippen molar-refractivity contribution in [3.8, 4) is 0 Å². The summed E-state index contributed by atoms with van der Waals surface area (Å²) in [6.07, 6.45) is 1.06. The second-order valence-electron chi connectivity index (χ2n) is 4.69. The van der Waals surface area contributed by atoms with E-state index in [9.17, 15) is 0 Å². The molecule has 1 aromatic heterocycles. The van der Waals surface area contributed by atoms with Crippen molar-refractivity contribution in [1.29, 1.82) is 0 Å². The highest BCUT2D eigenvalue weighted by molar-refractivity contribution is 9.10. The van der Waals surface area contributed by atoms with Crippen LogP contribution in [0.25, 0.3) is 0 Å². The minimum absolute atomic E-state index is 0.0560. The van der Waals surface area contributed by atoms with Gasteiger partial charge in [-0.2, -0.15) is 0 Å². The molecule has 0 radical (unpaired) electrons. The highest BCUT2D eigenvalue weighted by Crippen LogP contribution is 2.39. The largest absolute Gasteiger partial charge is 0.306 e. The number of rotatable bonds is 5. The van der Waals surface area contributed by atoms with E-state index >= 15 is 0 Å². The third-order valence-corrected chi connectivity index (χ3v) is 5.30. The van der Waals surface area contributed by atoms with Gasteiger partial charge in [0, 0.05) is 10.0 Å². The van der Waals surface area contributed by atoms with Crippen LogP contribution in [0.4, 0.5) is 0 Å². The van der Waals surface area contributed by atoms with Gasteiger partial charge in [-0.05, 0) is 37.6 Å². The smallest absolute Gasteiger partial charge is 0.0995 e. The first-order chi connectivity index (χ1) is 9.52. The fourth-order valence-corrected chi connectivity index (χ4v) is 4.12. The second-order valence-corrected chi connectivity index (χ2v) is 7.83.